The molecule has 5 rings (SSSR count). The minimum absolute atomic E-state index is 0.136. The predicted molar refractivity (Wildman–Crippen MR) is 139 cm³/mol. The van der Waals surface area contributed by atoms with Gasteiger partial charge in [-0.1, -0.05) is 32.6 Å². The summed E-state index contributed by atoms with van der Waals surface area (Å²) in [6, 6.07) is 9.23. The number of carbonyl (C=O) groups excluding carboxylic acids is 3. The van der Waals surface area contributed by atoms with Crippen molar-refractivity contribution in [1.82, 2.24) is 15.2 Å². The highest BCUT2D eigenvalue weighted by Gasteiger charge is 2.33. The predicted octanol–water partition coefficient (Wildman–Crippen LogP) is 5.01. The van der Waals surface area contributed by atoms with E-state index in [1.165, 1.54) is 17.4 Å². The highest BCUT2D eigenvalue weighted by atomic mass is 32.1. The second-order valence-electron chi connectivity index (χ2n) is 9.13. The van der Waals surface area contributed by atoms with Crippen LogP contribution >= 0.6 is 11.3 Å². The van der Waals surface area contributed by atoms with Gasteiger partial charge in [-0.15, -0.1) is 11.3 Å². The summed E-state index contributed by atoms with van der Waals surface area (Å²) in [6.07, 6.45) is 4.54. The number of nitrogens with one attached hydrogen (secondary N) is 2. The second-order valence-corrected chi connectivity index (χ2v) is 10.1. The molecule has 2 N–H and O–H groups in total. The maximum atomic E-state index is 13.3. The molecule has 2 aromatic heterocycles. The van der Waals surface area contributed by atoms with Crippen LogP contribution in [0, 0.1) is 0 Å². The van der Waals surface area contributed by atoms with Crippen LogP contribution in [0.25, 0.3) is 10.2 Å². The van der Waals surface area contributed by atoms with Gasteiger partial charge in [0.05, 0.1) is 22.4 Å². The topological polar surface area (TPSA) is 94.6 Å². The molecular weight excluding hydrogens is 462 g/mol. The fourth-order valence-electron chi connectivity index (χ4n) is 4.70. The standard InChI is InChI=1S/C26H27N5O3S/c1-4-20(32)30-12-6-8-17(14-30)28-24(33)23-22-21-19(10-11-27-25(21)35-23)31(26(34)29-22)18-9-5-7-16(13-18)15(2)3/h4-5,7,9-11,13,15,17H,1,6,8,12,14H2,2-3H3,(H,28,33)(H,29,34). The summed E-state index contributed by atoms with van der Waals surface area (Å²) in [5.74, 6) is -0.0872. The smallest absolute Gasteiger partial charge is 0.331 e. The quantitative estimate of drug-likeness (QED) is 0.493. The number of hydrogen-bond donors (Lipinski definition) is 2. The summed E-state index contributed by atoms with van der Waals surface area (Å²) in [7, 11) is 0. The zero-order chi connectivity index (χ0) is 24.7. The average Bonchev–Trinajstić information content (AvgIpc) is 3.23. The van der Waals surface area contributed by atoms with E-state index in [-0.39, 0.29) is 23.9 Å². The Balaban J connectivity index is 1.48. The molecule has 1 unspecified atom stereocenters. The van der Waals surface area contributed by atoms with Crippen molar-refractivity contribution >= 4 is 56.5 Å². The van der Waals surface area contributed by atoms with Crippen LogP contribution in [0.4, 0.5) is 21.9 Å². The van der Waals surface area contributed by atoms with Gasteiger partial charge in [-0.2, -0.15) is 0 Å². The molecule has 9 heteroatoms. The lowest BCUT2D eigenvalue weighted by Crippen LogP contribution is -2.49. The zero-order valence-electron chi connectivity index (χ0n) is 19.7. The van der Waals surface area contributed by atoms with E-state index < -0.39 is 0 Å². The van der Waals surface area contributed by atoms with E-state index in [0.717, 1.165) is 29.5 Å². The van der Waals surface area contributed by atoms with Crippen LogP contribution < -0.4 is 15.5 Å². The van der Waals surface area contributed by atoms with E-state index in [0.29, 0.717) is 40.1 Å². The number of pyridine rings is 1. The maximum Gasteiger partial charge on any atom is 0.331 e. The van der Waals surface area contributed by atoms with Crippen molar-refractivity contribution in [2.75, 3.05) is 23.3 Å². The molecule has 2 aliphatic heterocycles. The van der Waals surface area contributed by atoms with Crippen molar-refractivity contribution in [3.8, 4) is 0 Å². The van der Waals surface area contributed by atoms with Gasteiger partial charge in [0.25, 0.3) is 5.91 Å². The van der Waals surface area contributed by atoms with Crippen molar-refractivity contribution < 1.29 is 14.4 Å². The third kappa shape index (κ3) is 4.16. The van der Waals surface area contributed by atoms with Gasteiger partial charge in [-0.25, -0.2) is 9.78 Å². The molecule has 180 valence electrons. The number of rotatable bonds is 5. The largest absolute Gasteiger partial charge is 0.347 e. The van der Waals surface area contributed by atoms with E-state index in [9.17, 15) is 14.4 Å². The van der Waals surface area contributed by atoms with Gasteiger partial charge in [0, 0.05) is 25.3 Å². The average molecular weight is 490 g/mol. The first kappa shape index (κ1) is 23.0. The number of carbonyl (C=O) groups is 3. The van der Waals surface area contributed by atoms with E-state index in [1.807, 2.05) is 24.3 Å². The Morgan fingerprint density at radius 1 is 1.31 bits per heavy atom. The molecule has 35 heavy (non-hydrogen) atoms. The molecule has 1 atom stereocenters. The summed E-state index contributed by atoms with van der Waals surface area (Å²) in [5.41, 5.74) is 3.08. The minimum atomic E-state index is -0.321. The highest BCUT2D eigenvalue weighted by Crippen LogP contribution is 2.45. The Morgan fingerprint density at radius 3 is 2.91 bits per heavy atom. The Hall–Kier alpha value is -3.72. The molecule has 4 amide bonds. The summed E-state index contributed by atoms with van der Waals surface area (Å²) in [5, 5.41) is 6.75. The molecule has 1 saturated heterocycles. The second kappa shape index (κ2) is 9.14. The number of nitrogens with zero attached hydrogens (tertiary/aromatic N) is 3. The van der Waals surface area contributed by atoms with Crippen LogP contribution in [-0.4, -0.2) is 46.9 Å². The van der Waals surface area contributed by atoms with Crippen LogP contribution in [0.15, 0.2) is 49.2 Å². The lowest BCUT2D eigenvalue weighted by molar-refractivity contribution is -0.127. The van der Waals surface area contributed by atoms with Gasteiger partial charge >= 0.3 is 6.03 Å². The van der Waals surface area contributed by atoms with Crippen molar-refractivity contribution in [3.05, 3.63) is 59.6 Å². The Labute approximate surface area is 207 Å². The summed E-state index contributed by atoms with van der Waals surface area (Å²) >= 11 is 1.26. The van der Waals surface area contributed by atoms with E-state index >= 15 is 0 Å². The van der Waals surface area contributed by atoms with Gasteiger partial charge in [0.1, 0.15) is 9.71 Å². The number of aromatic nitrogens is 1. The maximum absolute atomic E-state index is 13.3. The van der Waals surface area contributed by atoms with Gasteiger partial charge in [-0.3, -0.25) is 14.5 Å². The van der Waals surface area contributed by atoms with Crippen LogP contribution in [0.5, 0.6) is 0 Å². The van der Waals surface area contributed by atoms with Crippen molar-refractivity contribution in [2.45, 2.75) is 38.6 Å². The molecule has 8 nitrogen and oxygen atoms in total. The van der Waals surface area contributed by atoms with E-state index in [1.54, 1.807) is 22.1 Å². The fraction of sp³-hybridized carbons (Fsp3) is 0.308. The first-order valence-corrected chi connectivity index (χ1v) is 12.5. The number of urea groups is 1. The number of piperidine rings is 1. The van der Waals surface area contributed by atoms with E-state index in [2.05, 4.69) is 36.0 Å². The highest BCUT2D eigenvalue weighted by molar-refractivity contribution is 7.21. The fourth-order valence-corrected chi connectivity index (χ4v) is 5.72. The van der Waals surface area contributed by atoms with Crippen LogP contribution in [-0.2, 0) is 4.79 Å². The third-order valence-electron chi connectivity index (χ3n) is 6.49. The summed E-state index contributed by atoms with van der Waals surface area (Å²) in [6.45, 7) is 8.87. The van der Waals surface area contributed by atoms with Gasteiger partial charge in [-0.05, 0) is 48.6 Å². The van der Waals surface area contributed by atoms with E-state index in [4.69, 9.17) is 0 Å². The molecule has 0 radical (unpaired) electrons. The third-order valence-corrected chi connectivity index (χ3v) is 7.59. The van der Waals surface area contributed by atoms with Gasteiger partial charge in [0.15, 0.2) is 0 Å². The molecule has 1 aromatic carbocycles. The first-order valence-electron chi connectivity index (χ1n) is 11.7. The van der Waals surface area contributed by atoms with Gasteiger partial charge < -0.3 is 15.5 Å². The molecular formula is C26H27N5O3S. The molecule has 0 aliphatic carbocycles. The number of benzene rings is 1. The Morgan fingerprint density at radius 2 is 2.14 bits per heavy atom. The van der Waals surface area contributed by atoms with Crippen LogP contribution in [0.1, 0.15) is 47.8 Å². The number of likely N-dealkylation sites (tertiary alicyclic amines) is 1. The summed E-state index contributed by atoms with van der Waals surface area (Å²) < 4.78 is 0. The number of thiophene rings is 1. The zero-order valence-corrected chi connectivity index (χ0v) is 20.5. The molecule has 3 aromatic rings. The number of hydrogen-bond acceptors (Lipinski definition) is 5. The van der Waals surface area contributed by atoms with Crippen molar-refractivity contribution in [1.29, 1.82) is 0 Å². The summed E-state index contributed by atoms with van der Waals surface area (Å²) in [4.78, 5) is 47.5. The van der Waals surface area contributed by atoms with Crippen LogP contribution in [0.3, 0.4) is 0 Å². The number of amides is 4. The Bertz CT molecular complexity index is 1350. The molecule has 0 bridgehead atoms. The molecule has 4 heterocycles. The molecule has 2 aliphatic rings. The van der Waals surface area contributed by atoms with Gasteiger partial charge in [0.2, 0.25) is 5.91 Å². The monoisotopic (exact) mass is 489 g/mol. The molecule has 0 saturated carbocycles. The SMILES string of the molecule is C=CC(=O)N1CCCC(NC(=O)c2sc3nccc4c3c2NC(=O)N4c2cccc(C(C)C)c2)C1. The van der Waals surface area contributed by atoms with Crippen LogP contribution in [0.2, 0.25) is 0 Å². The first-order chi connectivity index (χ1) is 16.9. The lowest BCUT2D eigenvalue weighted by Gasteiger charge is -2.32. The Kier molecular flexibility index (Phi) is 6.02. The molecule has 1 fully saturated rings. The van der Waals surface area contributed by atoms with Crippen molar-refractivity contribution in [2.24, 2.45) is 0 Å². The number of anilines is 3. The minimum Gasteiger partial charge on any atom is -0.347 e. The molecule has 0 spiro atoms. The van der Waals surface area contributed by atoms with Crippen molar-refractivity contribution in [3.63, 3.8) is 0 Å². The lowest BCUT2D eigenvalue weighted by atomic mass is 10.0. The normalized spacial score (nSPS) is 17.5.